The molecule has 0 atom stereocenters. The SMILES string of the molecule is C=CCN(CCO)S(=O)(=O)c1cc(N)c(C)cc1Cl. The van der Waals surface area contributed by atoms with Crippen LogP contribution < -0.4 is 5.73 Å². The van der Waals surface area contributed by atoms with Gasteiger partial charge in [0.05, 0.1) is 11.6 Å². The Morgan fingerprint density at radius 2 is 2.16 bits per heavy atom. The van der Waals surface area contributed by atoms with E-state index in [4.69, 9.17) is 22.4 Å². The smallest absolute Gasteiger partial charge is 0.244 e. The minimum Gasteiger partial charge on any atom is -0.398 e. The van der Waals surface area contributed by atoms with Crippen LogP contribution in [0, 0.1) is 6.92 Å². The van der Waals surface area contributed by atoms with Gasteiger partial charge < -0.3 is 10.8 Å². The second kappa shape index (κ2) is 6.38. The van der Waals surface area contributed by atoms with Crippen LogP contribution in [0.25, 0.3) is 0 Å². The summed E-state index contributed by atoms with van der Waals surface area (Å²) in [7, 11) is -3.81. The fraction of sp³-hybridized carbons (Fsp3) is 0.333. The van der Waals surface area contributed by atoms with Crippen molar-refractivity contribution in [1.29, 1.82) is 0 Å². The first-order valence-corrected chi connectivity index (χ1v) is 7.44. The number of nitrogen functional groups attached to an aromatic ring is 1. The number of halogens is 1. The highest BCUT2D eigenvalue weighted by Gasteiger charge is 2.26. The van der Waals surface area contributed by atoms with Crippen LogP contribution in [-0.4, -0.2) is 37.5 Å². The van der Waals surface area contributed by atoms with Crippen molar-refractivity contribution >= 4 is 27.3 Å². The average Bonchev–Trinajstić information content (AvgIpc) is 2.33. The summed E-state index contributed by atoms with van der Waals surface area (Å²) in [6.07, 6.45) is 1.44. The Morgan fingerprint density at radius 1 is 1.53 bits per heavy atom. The monoisotopic (exact) mass is 304 g/mol. The zero-order chi connectivity index (χ0) is 14.6. The van der Waals surface area contributed by atoms with Gasteiger partial charge in [-0.3, -0.25) is 0 Å². The standard InChI is InChI=1S/C12H17ClN2O3S/c1-3-4-15(5-6-16)19(17,18)12-8-11(14)9(2)7-10(12)13/h3,7-8,16H,1,4-6,14H2,2H3. The Kier molecular flexibility index (Phi) is 5.37. The molecule has 0 aliphatic heterocycles. The van der Waals surface area contributed by atoms with E-state index in [9.17, 15) is 8.42 Å². The van der Waals surface area contributed by atoms with Gasteiger partial charge in [-0.2, -0.15) is 4.31 Å². The average molecular weight is 305 g/mol. The number of aliphatic hydroxyl groups is 1. The highest BCUT2D eigenvalue weighted by atomic mass is 35.5. The molecule has 0 heterocycles. The molecule has 0 saturated heterocycles. The molecule has 0 aliphatic carbocycles. The predicted molar refractivity (Wildman–Crippen MR) is 76.6 cm³/mol. The van der Waals surface area contributed by atoms with E-state index in [-0.39, 0.29) is 29.6 Å². The van der Waals surface area contributed by atoms with Crippen molar-refractivity contribution < 1.29 is 13.5 Å². The number of aliphatic hydroxyl groups excluding tert-OH is 1. The van der Waals surface area contributed by atoms with Gasteiger partial charge in [-0.15, -0.1) is 6.58 Å². The largest absolute Gasteiger partial charge is 0.398 e. The third-order valence-electron chi connectivity index (χ3n) is 2.62. The van der Waals surface area contributed by atoms with Crippen LogP contribution in [0.1, 0.15) is 5.56 Å². The second-order valence-corrected chi connectivity index (χ2v) is 6.33. The maximum Gasteiger partial charge on any atom is 0.244 e. The molecule has 0 radical (unpaired) electrons. The molecule has 5 nitrogen and oxygen atoms in total. The topological polar surface area (TPSA) is 83.6 Å². The summed E-state index contributed by atoms with van der Waals surface area (Å²) in [5.41, 5.74) is 6.79. The fourth-order valence-electron chi connectivity index (χ4n) is 1.57. The number of sulfonamides is 1. The van der Waals surface area contributed by atoms with Crippen molar-refractivity contribution in [2.75, 3.05) is 25.4 Å². The highest BCUT2D eigenvalue weighted by molar-refractivity contribution is 7.89. The predicted octanol–water partition coefficient (Wildman–Crippen LogP) is 1.40. The van der Waals surface area contributed by atoms with E-state index < -0.39 is 10.0 Å². The van der Waals surface area contributed by atoms with E-state index in [1.165, 1.54) is 18.2 Å². The van der Waals surface area contributed by atoms with E-state index in [2.05, 4.69) is 6.58 Å². The summed E-state index contributed by atoms with van der Waals surface area (Å²) in [5, 5.41) is 9.05. The Labute approximate surface area is 118 Å². The van der Waals surface area contributed by atoms with Gasteiger partial charge in [0.1, 0.15) is 4.90 Å². The summed E-state index contributed by atoms with van der Waals surface area (Å²) in [6.45, 7) is 5.02. The van der Waals surface area contributed by atoms with Crippen LogP contribution >= 0.6 is 11.6 Å². The molecule has 0 spiro atoms. The second-order valence-electron chi connectivity index (χ2n) is 4.01. The van der Waals surface area contributed by atoms with Crippen molar-refractivity contribution in [3.8, 4) is 0 Å². The molecule has 1 rings (SSSR count). The molecule has 0 unspecified atom stereocenters. The van der Waals surface area contributed by atoms with Gasteiger partial charge in [0.2, 0.25) is 10.0 Å². The number of aryl methyl sites for hydroxylation is 1. The Hall–Kier alpha value is -1.08. The molecular formula is C12H17ClN2O3S. The highest BCUT2D eigenvalue weighted by Crippen LogP contribution is 2.29. The molecular weight excluding hydrogens is 288 g/mol. The summed E-state index contributed by atoms with van der Waals surface area (Å²) < 4.78 is 25.9. The number of rotatable bonds is 6. The molecule has 1 aromatic rings. The first-order valence-electron chi connectivity index (χ1n) is 5.62. The van der Waals surface area contributed by atoms with E-state index in [0.29, 0.717) is 11.3 Å². The molecule has 7 heteroatoms. The zero-order valence-corrected chi connectivity index (χ0v) is 12.2. The first-order chi connectivity index (χ1) is 8.84. The van der Waals surface area contributed by atoms with Gasteiger partial charge in [-0.25, -0.2) is 8.42 Å². The van der Waals surface area contributed by atoms with Crippen LogP contribution in [0.3, 0.4) is 0 Å². The van der Waals surface area contributed by atoms with Gasteiger partial charge in [0.15, 0.2) is 0 Å². The van der Waals surface area contributed by atoms with Crippen LogP contribution in [-0.2, 0) is 10.0 Å². The summed E-state index contributed by atoms with van der Waals surface area (Å²) in [5.74, 6) is 0. The van der Waals surface area contributed by atoms with Crippen LogP contribution in [0.15, 0.2) is 29.7 Å². The number of nitrogens with zero attached hydrogens (tertiary/aromatic N) is 1. The molecule has 19 heavy (non-hydrogen) atoms. The zero-order valence-electron chi connectivity index (χ0n) is 10.6. The summed E-state index contributed by atoms with van der Waals surface area (Å²) in [6, 6.07) is 2.84. The molecule has 1 aromatic carbocycles. The molecule has 0 saturated carbocycles. The Morgan fingerprint density at radius 3 is 2.68 bits per heavy atom. The van der Waals surface area contributed by atoms with Crippen LogP contribution in [0.4, 0.5) is 5.69 Å². The molecule has 0 aromatic heterocycles. The maximum atomic E-state index is 12.4. The lowest BCUT2D eigenvalue weighted by Crippen LogP contribution is -2.34. The summed E-state index contributed by atoms with van der Waals surface area (Å²) in [4.78, 5) is -0.0624. The van der Waals surface area contributed by atoms with Gasteiger partial charge in [-0.1, -0.05) is 17.7 Å². The van der Waals surface area contributed by atoms with E-state index in [1.807, 2.05) is 0 Å². The molecule has 0 amide bonds. The van der Waals surface area contributed by atoms with Crippen molar-refractivity contribution in [2.45, 2.75) is 11.8 Å². The number of anilines is 1. The first kappa shape index (κ1) is 16.0. The van der Waals surface area contributed by atoms with Crippen LogP contribution in [0.5, 0.6) is 0 Å². The summed E-state index contributed by atoms with van der Waals surface area (Å²) >= 11 is 5.98. The van der Waals surface area contributed by atoms with Gasteiger partial charge in [0, 0.05) is 18.8 Å². The molecule has 0 fully saturated rings. The number of benzene rings is 1. The Balaban J connectivity index is 3.32. The van der Waals surface area contributed by atoms with E-state index >= 15 is 0 Å². The van der Waals surface area contributed by atoms with Crippen molar-refractivity contribution in [3.05, 3.63) is 35.4 Å². The normalized spacial score (nSPS) is 11.8. The Bertz CT molecular complexity index is 573. The van der Waals surface area contributed by atoms with E-state index in [0.717, 1.165) is 4.31 Å². The van der Waals surface area contributed by atoms with Gasteiger partial charge in [-0.05, 0) is 24.6 Å². The molecule has 106 valence electrons. The molecule has 3 N–H and O–H groups in total. The fourth-order valence-corrected chi connectivity index (χ4v) is 3.56. The van der Waals surface area contributed by atoms with Crippen molar-refractivity contribution in [2.24, 2.45) is 0 Å². The van der Waals surface area contributed by atoms with Gasteiger partial charge >= 0.3 is 0 Å². The number of nitrogens with two attached hydrogens (primary N) is 1. The lowest BCUT2D eigenvalue weighted by Gasteiger charge is -2.20. The molecule has 0 aliphatic rings. The van der Waals surface area contributed by atoms with Crippen molar-refractivity contribution in [3.63, 3.8) is 0 Å². The van der Waals surface area contributed by atoms with Crippen LogP contribution in [0.2, 0.25) is 5.02 Å². The minimum absolute atomic E-state index is 0.0293. The quantitative estimate of drug-likeness (QED) is 0.614. The number of hydrogen-bond acceptors (Lipinski definition) is 4. The lowest BCUT2D eigenvalue weighted by molar-refractivity contribution is 0.260. The third kappa shape index (κ3) is 3.48. The maximum absolute atomic E-state index is 12.4. The minimum atomic E-state index is -3.81. The van der Waals surface area contributed by atoms with Gasteiger partial charge in [0.25, 0.3) is 0 Å². The van der Waals surface area contributed by atoms with Crippen molar-refractivity contribution in [1.82, 2.24) is 4.31 Å². The number of hydrogen-bond donors (Lipinski definition) is 2. The lowest BCUT2D eigenvalue weighted by atomic mass is 10.2. The van der Waals surface area contributed by atoms with E-state index in [1.54, 1.807) is 6.92 Å². The molecule has 0 bridgehead atoms. The third-order valence-corrected chi connectivity index (χ3v) is 4.95.